The zero-order chi connectivity index (χ0) is 12.3. The molecule has 1 aromatic carbocycles. The van der Waals surface area contributed by atoms with Gasteiger partial charge in [0.25, 0.3) is 5.91 Å². The topological polar surface area (TPSA) is 80.9 Å². The average Bonchev–Trinajstić information content (AvgIpc) is 2.73. The fourth-order valence-electron chi connectivity index (χ4n) is 1.20. The van der Waals surface area contributed by atoms with Crippen molar-refractivity contribution in [3.8, 4) is 0 Å². The van der Waals surface area contributed by atoms with E-state index in [1.807, 2.05) is 0 Å². The van der Waals surface area contributed by atoms with E-state index in [2.05, 4.69) is 15.5 Å². The van der Waals surface area contributed by atoms with Crippen molar-refractivity contribution >= 4 is 22.4 Å². The van der Waals surface area contributed by atoms with Gasteiger partial charge in [0.15, 0.2) is 0 Å². The third kappa shape index (κ3) is 2.97. The van der Waals surface area contributed by atoms with Crippen molar-refractivity contribution in [2.75, 3.05) is 5.73 Å². The van der Waals surface area contributed by atoms with Gasteiger partial charge in [-0.25, -0.2) is 4.39 Å². The van der Waals surface area contributed by atoms with E-state index in [0.29, 0.717) is 15.7 Å². The second kappa shape index (κ2) is 4.88. The number of nitrogen functional groups attached to an aromatic ring is 1. The minimum absolute atomic E-state index is 0.255. The van der Waals surface area contributed by atoms with Gasteiger partial charge in [0.2, 0.25) is 5.13 Å². The summed E-state index contributed by atoms with van der Waals surface area (Å²) >= 11 is 1.21. The van der Waals surface area contributed by atoms with Gasteiger partial charge in [-0.3, -0.25) is 4.79 Å². The lowest BCUT2D eigenvalue weighted by Gasteiger charge is -2.02. The predicted octanol–water partition coefficient (Wildman–Crippen LogP) is 1.19. The highest BCUT2D eigenvalue weighted by Gasteiger charge is 2.07. The number of hydrogen-bond acceptors (Lipinski definition) is 5. The van der Waals surface area contributed by atoms with Crippen molar-refractivity contribution in [1.29, 1.82) is 0 Å². The summed E-state index contributed by atoms with van der Waals surface area (Å²) in [5.74, 6) is -0.669. The molecule has 0 spiro atoms. The molecule has 3 N–H and O–H groups in total. The van der Waals surface area contributed by atoms with Crippen LogP contribution in [0.3, 0.4) is 0 Å². The molecule has 1 heterocycles. The summed E-state index contributed by atoms with van der Waals surface area (Å²) in [7, 11) is 0. The molecule has 0 unspecified atom stereocenters. The smallest absolute Gasteiger partial charge is 0.251 e. The van der Waals surface area contributed by atoms with Crippen LogP contribution in [0.25, 0.3) is 0 Å². The molecule has 0 aliphatic rings. The second-order valence-corrected chi connectivity index (χ2v) is 4.32. The largest absolute Gasteiger partial charge is 0.374 e. The Balaban J connectivity index is 1.95. The van der Waals surface area contributed by atoms with Crippen LogP contribution in [0, 0.1) is 5.82 Å². The van der Waals surface area contributed by atoms with Crippen LogP contribution in [-0.2, 0) is 6.54 Å². The number of anilines is 1. The summed E-state index contributed by atoms with van der Waals surface area (Å²) in [6, 6.07) is 5.30. The quantitative estimate of drug-likeness (QED) is 0.859. The first kappa shape index (κ1) is 11.5. The molecule has 0 fully saturated rings. The third-order valence-corrected chi connectivity index (χ3v) is 2.74. The molecule has 0 aliphatic heterocycles. The van der Waals surface area contributed by atoms with E-state index in [0.717, 1.165) is 0 Å². The maximum atomic E-state index is 12.6. The van der Waals surface area contributed by atoms with Crippen molar-refractivity contribution in [3.05, 3.63) is 40.7 Å². The number of aromatic nitrogens is 2. The summed E-state index contributed by atoms with van der Waals surface area (Å²) in [6.45, 7) is 0.255. The molecular weight excluding hydrogens is 243 g/mol. The molecule has 5 nitrogen and oxygen atoms in total. The fraction of sp³-hybridized carbons (Fsp3) is 0.100. The van der Waals surface area contributed by atoms with E-state index in [1.165, 1.54) is 35.6 Å². The number of nitrogens with one attached hydrogen (secondary N) is 1. The van der Waals surface area contributed by atoms with Gasteiger partial charge in [-0.05, 0) is 24.3 Å². The maximum Gasteiger partial charge on any atom is 0.251 e. The van der Waals surface area contributed by atoms with Crippen molar-refractivity contribution in [2.45, 2.75) is 6.54 Å². The van der Waals surface area contributed by atoms with E-state index in [4.69, 9.17) is 5.73 Å². The van der Waals surface area contributed by atoms with Crippen LogP contribution in [-0.4, -0.2) is 16.1 Å². The summed E-state index contributed by atoms with van der Waals surface area (Å²) in [6.07, 6.45) is 0. The van der Waals surface area contributed by atoms with Gasteiger partial charge < -0.3 is 11.1 Å². The van der Waals surface area contributed by atoms with Crippen molar-refractivity contribution in [1.82, 2.24) is 15.5 Å². The normalized spacial score (nSPS) is 10.2. The first-order chi connectivity index (χ1) is 8.15. The number of nitrogens with zero attached hydrogens (tertiary/aromatic N) is 2. The van der Waals surface area contributed by atoms with Crippen LogP contribution < -0.4 is 11.1 Å². The Kier molecular flexibility index (Phi) is 3.29. The number of carbonyl (C=O) groups is 1. The Morgan fingerprint density at radius 1 is 1.35 bits per heavy atom. The summed E-state index contributed by atoms with van der Waals surface area (Å²) in [5, 5.41) is 11.0. The Morgan fingerprint density at radius 2 is 2.06 bits per heavy atom. The number of carbonyl (C=O) groups excluding carboxylic acids is 1. The molecule has 0 atom stereocenters. The number of amides is 1. The Morgan fingerprint density at radius 3 is 2.65 bits per heavy atom. The van der Waals surface area contributed by atoms with Gasteiger partial charge in [0.1, 0.15) is 10.8 Å². The molecule has 1 amide bonds. The number of halogens is 1. The van der Waals surface area contributed by atoms with Gasteiger partial charge in [0, 0.05) is 5.56 Å². The molecule has 0 aliphatic carbocycles. The van der Waals surface area contributed by atoms with Crippen molar-refractivity contribution < 1.29 is 9.18 Å². The van der Waals surface area contributed by atoms with Crippen LogP contribution in [0.2, 0.25) is 0 Å². The van der Waals surface area contributed by atoms with Gasteiger partial charge in [-0.15, -0.1) is 10.2 Å². The lowest BCUT2D eigenvalue weighted by atomic mass is 10.2. The summed E-state index contributed by atoms with van der Waals surface area (Å²) in [5.41, 5.74) is 5.80. The lowest BCUT2D eigenvalue weighted by Crippen LogP contribution is -2.22. The zero-order valence-electron chi connectivity index (χ0n) is 8.68. The molecule has 0 bridgehead atoms. The van der Waals surface area contributed by atoms with Crippen molar-refractivity contribution in [2.24, 2.45) is 0 Å². The lowest BCUT2D eigenvalue weighted by molar-refractivity contribution is 0.0951. The monoisotopic (exact) mass is 252 g/mol. The van der Waals surface area contributed by atoms with Crippen LogP contribution in [0.15, 0.2) is 24.3 Å². The molecule has 88 valence electrons. The van der Waals surface area contributed by atoms with Crippen LogP contribution in [0.1, 0.15) is 15.4 Å². The standard InChI is InChI=1S/C10H9FN4OS/c11-7-3-1-6(2-4-7)9(16)13-5-8-14-15-10(12)17-8/h1-4H,5H2,(H2,12,15)(H,13,16). The number of nitrogens with two attached hydrogens (primary N) is 1. The van der Waals surface area contributed by atoms with Gasteiger partial charge in [-0.2, -0.15) is 0 Å². The number of benzene rings is 1. The minimum Gasteiger partial charge on any atom is -0.374 e. The Labute approximate surface area is 100 Å². The van der Waals surface area contributed by atoms with Gasteiger partial charge in [-0.1, -0.05) is 11.3 Å². The maximum absolute atomic E-state index is 12.6. The first-order valence-corrected chi connectivity index (χ1v) is 5.58. The van der Waals surface area contributed by atoms with Gasteiger partial charge in [0.05, 0.1) is 6.54 Å². The first-order valence-electron chi connectivity index (χ1n) is 4.77. The van der Waals surface area contributed by atoms with Crippen molar-refractivity contribution in [3.63, 3.8) is 0 Å². The van der Waals surface area contributed by atoms with Crippen LogP contribution in [0.4, 0.5) is 9.52 Å². The molecule has 2 rings (SSSR count). The van der Waals surface area contributed by atoms with Crippen LogP contribution in [0.5, 0.6) is 0 Å². The molecule has 0 saturated carbocycles. The summed E-state index contributed by atoms with van der Waals surface area (Å²) in [4.78, 5) is 11.6. The molecule has 7 heteroatoms. The predicted molar refractivity (Wildman–Crippen MR) is 61.9 cm³/mol. The fourth-order valence-corrected chi connectivity index (χ4v) is 1.75. The van der Waals surface area contributed by atoms with Crippen LogP contribution >= 0.6 is 11.3 Å². The Bertz CT molecular complexity index is 525. The highest BCUT2D eigenvalue weighted by molar-refractivity contribution is 7.15. The molecule has 2 aromatic rings. The minimum atomic E-state index is -0.376. The molecule has 0 saturated heterocycles. The second-order valence-electron chi connectivity index (χ2n) is 3.22. The third-order valence-electron chi connectivity index (χ3n) is 1.99. The van der Waals surface area contributed by atoms with E-state index < -0.39 is 0 Å². The molecular formula is C10H9FN4OS. The highest BCUT2D eigenvalue weighted by Crippen LogP contribution is 2.10. The Hall–Kier alpha value is -2.02. The average molecular weight is 252 g/mol. The van der Waals surface area contributed by atoms with E-state index >= 15 is 0 Å². The highest BCUT2D eigenvalue weighted by atomic mass is 32.1. The van der Waals surface area contributed by atoms with E-state index in [9.17, 15) is 9.18 Å². The zero-order valence-corrected chi connectivity index (χ0v) is 9.50. The van der Waals surface area contributed by atoms with E-state index in [-0.39, 0.29) is 18.3 Å². The molecule has 17 heavy (non-hydrogen) atoms. The van der Waals surface area contributed by atoms with E-state index in [1.54, 1.807) is 0 Å². The number of rotatable bonds is 3. The number of hydrogen-bond donors (Lipinski definition) is 2. The SMILES string of the molecule is Nc1nnc(CNC(=O)c2ccc(F)cc2)s1. The molecule has 0 radical (unpaired) electrons. The molecule has 1 aromatic heterocycles. The van der Waals surface area contributed by atoms with Gasteiger partial charge >= 0.3 is 0 Å². The summed E-state index contributed by atoms with van der Waals surface area (Å²) < 4.78 is 12.6.